The van der Waals surface area contributed by atoms with Gasteiger partial charge >= 0.3 is 0 Å². The predicted molar refractivity (Wildman–Crippen MR) is 75.1 cm³/mol. The van der Waals surface area contributed by atoms with Crippen LogP contribution in [0.4, 0.5) is 8.78 Å². The molecule has 0 saturated heterocycles. The summed E-state index contributed by atoms with van der Waals surface area (Å²) in [5, 5.41) is 0. The Labute approximate surface area is 133 Å². The van der Waals surface area contributed by atoms with Gasteiger partial charge in [0.15, 0.2) is 0 Å². The molecule has 0 atom stereocenters. The molecule has 4 heteroatoms. The Bertz CT molecular complexity index is 540. The number of hydrogen-bond donors (Lipinski definition) is 0. The monoisotopic (exact) mass is 457 g/mol. The van der Waals surface area contributed by atoms with Gasteiger partial charge in [-0.1, -0.05) is 45.9 Å². The Balaban J connectivity index is 0.00000361. The third kappa shape index (κ3) is 5.50. The normalized spacial score (nSPS) is 12.4. The van der Waals surface area contributed by atoms with Gasteiger partial charge in [0.25, 0.3) is 0 Å². The van der Waals surface area contributed by atoms with Crippen molar-refractivity contribution in [2.24, 2.45) is 10.4 Å². The molecule has 0 aliphatic rings. The maximum Gasteiger partial charge on any atom is 0.0407 e. The number of nitrogens with zero attached hydrogens (tertiary/aromatic N) is 1. The van der Waals surface area contributed by atoms with E-state index in [1.807, 2.05) is 20.8 Å². The fourth-order valence-corrected chi connectivity index (χ4v) is 1.28. The van der Waals surface area contributed by atoms with Gasteiger partial charge in [-0.05, 0) is 22.8 Å². The summed E-state index contributed by atoms with van der Waals surface area (Å²) in [6.07, 6.45) is 3.35. The molecule has 1 nitrogen and oxygen atoms in total. The van der Waals surface area contributed by atoms with Crippen LogP contribution in [0.3, 0.4) is 0 Å². The minimum atomic E-state index is -0.663. The second kappa shape index (κ2) is 7.63. The van der Waals surface area contributed by atoms with E-state index in [1.54, 1.807) is 19.2 Å². The topological polar surface area (TPSA) is 12.4 Å². The second-order valence-corrected chi connectivity index (χ2v) is 5.35. The van der Waals surface area contributed by atoms with E-state index in [-0.39, 0.29) is 32.0 Å². The van der Waals surface area contributed by atoms with Crippen LogP contribution in [0, 0.1) is 23.1 Å². The van der Waals surface area contributed by atoms with E-state index in [4.69, 9.17) is 0 Å². The average Bonchev–Trinajstić information content (AvgIpc) is 2.27. The largest absolute Gasteiger partial charge is 0.309 e. The molecule has 0 spiro atoms. The SMILES string of the molecule is C=C(/C=C\N=C(C)c1[c-]cc(F)cc1F)C(C)(C)C.[Pt]. The van der Waals surface area contributed by atoms with E-state index in [0.717, 1.165) is 17.7 Å². The Morgan fingerprint density at radius 3 is 2.45 bits per heavy atom. The predicted octanol–water partition coefficient (Wildman–Crippen LogP) is 4.69. The number of rotatable bonds is 3. The van der Waals surface area contributed by atoms with Gasteiger partial charge in [0.2, 0.25) is 0 Å². The average molecular weight is 457 g/mol. The summed E-state index contributed by atoms with van der Waals surface area (Å²) < 4.78 is 26.2. The van der Waals surface area contributed by atoms with E-state index in [2.05, 4.69) is 17.6 Å². The van der Waals surface area contributed by atoms with Crippen LogP contribution >= 0.6 is 0 Å². The maximum atomic E-state index is 13.5. The summed E-state index contributed by atoms with van der Waals surface area (Å²) in [5.41, 5.74) is 1.50. The molecule has 0 amide bonds. The van der Waals surface area contributed by atoms with E-state index in [1.165, 1.54) is 0 Å². The van der Waals surface area contributed by atoms with Crippen molar-refractivity contribution in [1.29, 1.82) is 0 Å². The number of hydrogen-bond acceptors (Lipinski definition) is 1. The molecule has 0 bridgehead atoms. The molecular formula is C16H18F2NPt-. The Morgan fingerprint density at radius 2 is 1.95 bits per heavy atom. The van der Waals surface area contributed by atoms with E-state index in [0.29, 0.717) is 5.71 Å². The minimum absolute atomic E-state index is 0. The standard InChI is InChI=1S/C16H18F2N.Pt/c1-11(16(3,4)5)8-9-19-12(2)14-7-6-13(17)10-15(14)18;/h6,8-10H,1H2,2-5H3;/q-1;/b9-8-,19-12?;. The van der Waals surface area contributed by atoms with Crippen molar-refractivity contribution in [2.75, 3.05) is 0 Å². The van der Waals surface area contributed by atoms with Gasteiger partial charge in [0.05, 0.1) is 0 Å². The molecular weight excluding hydrogens is 439 g/mol. The van der Waals surface area contributed by atoms with E-state index >= 15 is 0 Å². The van der Waals surface area contributed by atoms with Crippen LogP contribution in [0.5, 0.6) is 0 Å². The van der Waals surface area contributed by atoms with E-state index < -0.39 is 11.6 Å². The van der Waals surface area contributed by atoms with Gasteiger partial charge < -0.3 is 4.99 Å². The smallest absolute Gasteiger partial charge is 0.0407 e. The van der Waals surface area contributed by atoms with Crippen LogP contribution in [-0.4, -0.2) is 5.71 Å². The Morgan fingerprint density at radius 1 is 1.35 bits per heavy atom. The molecule has 1 rings (SSSR count). The van der Waals surface area contributed by atoms with Gasteiger partial charge in [-0.15, -0.1) is 12.1 Å². The molecule has 0 aromatic heterocycles. The number of allylic oxidation sites excluding steroid dienone is 2. The molecule has 0 saturated carbocycles. The Kier molecular flexibility index (Phi) is 7.22. The first-order valence-corrected chi connectivity index (χ1v) is 5.99. The molecule has 0 fully saturated rings. The summed E-state index contributed by atoms with van der Waals surface area (Å²) in [6.45, 7) is 11.7. The molecule has 20 heavy (non-hydrogen) atoms. The fraction of sp³-hybridized carbons (Fsp3) is 0.312. The van der Waals surface area contributed by atoms with Crippen molar-refractivity contribution in [3.8, 4) is 0 Å². The van der Waals surface area contributed by atoms with Crippen molar-refractivity contribution in [1.82, 2.24) is 0 Å². The first-order valence-electron chi connectivity index (χ1n) is 5.99. The summed E-state index contributed by atoms with van der Waals surface area (Å²) >= 11 is 0. The van der Waals surface area contributed by atoms with Crippen LogP contribution in [0.25, 0.3) is 0 Å². The number of aliphatic imine (C=N–C) groups is 1. The van der Waals surface area contributed by atoms with Crippen LogP contribution in [0.15, 0.2) is 41.6 Å². The quantitative estimate of drug-likeness (QED) is 0.355. The first kappa shape index (κ1) is 18.9. The molecule has 1 aromatic rings. The zero-order chi connectivity index (χ0) is 14.6. The van der Waals surface area contributed by atoms with Gasteiger partial charge in [0, 0.05) is 38.9 Å². The molecule has 1 aromatic carbocycles. The second-order valence-electron chi connectivity index (χ2n) is 5.35. The van der Waals surface area contributed by atoms with Crippen molar-refractivity contribution < 1.29 is 29.8 Å². The van der Waals surface area contributed by atoms with Crippen molar-refractivity contribution >= 4 is 5.71 Å². The molecule has 0 radical (unpaired) electrons. The van der Waals surface area contributed by atoms with Crippen LogP contribution < -0.4 is 0 Å². The molecule has 112 valence electrons. The van der Waals surface area contributed by atoms with Crippen molar-refractivity contribution in [3.05, 3.63) is 59.8 Å². The fourth-order valence-electron chi connectivity index (χ4n) is 1.28. The molecule has 0 aliphatic carbocycles. The molecule has 0 aliphatic heterocycles. The van der Waals surface area contributed by atoms with Gasteiger partial charge in [-0.3, -0.25) is 8.78 Å². The molecule has 0 N–H and O–H groups in total. The van der Waals surface area contributed by atoms with Crippen LogP contribution in [-0.2, 0) is 21.1 Å². The van der Waals surface area contributed by atoms with Crippen molar-refractivity contribution in [3.63, 3.8) is 0 Å². The zero-order valence-corrected chi connectivity index (χ0v) is 14.3. The third-order valence-corrected chi connectivity index (χ3v) is 2.73. The Hall–Kier alpha value is -1.08. The zero-order valence-electron chi connectivity index (χ0n) is 12.0. The number of halogens is 2. The van der Waals surface area contributed by atoms with Crippen LogP contribution in [0.1, 0.15) is 33.3 Å². The van der Waals surface area contributed by atoms with Gasteiger partial charge in [-0.2, -0.15) is 0 Å². The summed E-state index contributed by atoms with van der Waals surface area (Å²) in [7, 11) is 0. The number of benzene rings is 1. The van der Waals surface area contributed by atoms with Gasteiger partial charge in [-0.25, -0.2) is 0 Å². The van der Waals surface area contributed by atoms with Gasteiger partial charge in [0.1, 0.15) is 0 Å². The van der Waals surface area contributed by atoms with E-state index in [9.17, 15) is 8.78 Å². The summed E-state index contributed by atoms with van der Waals surface area (Å²) in [6, 6.07) is 4.45. The minimum Gasteiger partial charge on any atom is -0.309 e. The summed E-state index contributed by atoms with van der Waals surface area (Å²) in [4.78, 5) is 4.12. The third-order valence-electron chi connectivity index (χ3n) is 2.73. The molecule has 0 unspecified atom stereocenters. The van der Waals surface area contributed by atoms with Crippen LogP contribution in [0.2, 0.25) is 0 Å². The van der Waals surface area contributed by atoms with Crippen molar-refractivity contribution in [2.45, 2.75) is 27.7 Å². The summed E-state index contributed by atoms with van der Waals surface area (Å²) in [5.74, 6) is -1.31. The first-order chi connectivity index (χ1) is 8.71. The molecule has 0 heterocycles. The maximum absolute atomic E-state index is 13.5.